The van der Waals surface area contributed by atoms with Crippen molar-refractivity contribution in [1.29, 1.82) is 0 Å². The zero-order chi connectivity index (χ0) is 40.9. The average Bonchev–Trinajstić information content (AvgIpc) is 3.04. The van der Waals surface area contributed by atoms with E-state index in [1.54, 1.807) is 46.8 Å². The van der Waals surface area contributed by atoms with E-state index in [1.165, 1.54) is 6.92 Å². The van der Waals surface area contributed by atoms with E-state index in [9.17, 15) is 41.0 Å². The van der Waals surface area contributed by atoms with Crippen LogP contribution in [0.25, 0.3) is 11.1 Å². The average molecular weight is 776 g/mol. The fourth-order valence-electron chi connectivity index (χ4n) is 6.88. The molecule has 0 saturated carbocycles. The lowest BCUT2D eigenvalue weighted by molar-refractivity contribution is -0.144. The van der Waals surface area contributed by atoms with Gasteiger partial charge < -0.3 is 25.0 Å². The normalized spacial score (nSPS) is 16.4. The molecule has 1 amide bonds. The smallest absolute Gasteiger partial charge is 0.419 e. The summed E-state index contributed by atoms with van der Waals surface area (Å²) in [6.45, 7) is 14.4. The molecule has 15 heteroatoms. The first kappa shape index (κ1) is 44.4. The molecule has 7 nitrogen and oxygen atoms in total. The number of aliphatic hydroxyl groups is 1. The Balaban J connectivity index is 2.25. The van der Waals surface area contributed by atoms with Gasteiger partial charge in [-0.2, -0.15) is 26.3 Å². The number of nitrogens with one attached hydrogen (secondary N) is 1. The number of esters is 1. The number of hydrogen-bond acceptors (Lipinski definition) is 6. The number of nitrogens with zero attached hydrogens (tertiary/aromatic N) is 2. The molecule has 54 heavy (non-hydrogen) atoms. The van der Waals surface area contributed by atoms with Crippen molar-refractivity contribution in [3.05, 3.63) is 81.1 Å². The molecule has 3 atom stereocenters. The second-order valence-corrected chi connectivity index (χ2v) is 13.9. The quantitative estimate of drug-likeness (QED) is 0.139. The van der Waals surface area contributed by atoms with Crippen molar-refractivity contribution < 1.29 is 54.6 Å². The Hall–Kier alpha value is -3.98. The lowest BCUT2D eigenvalue weighted by atomic mass is 9.88. The highest BCUT2D eigenvalue weighted by Crippen LogP contribution is 2.43. The van der Waals surface area contributed by atoms with Gasteiger partial charge >= 0.3 is 18.3 Å². The van der Waals surface area contributed by atoms with Crippen LogP contribution in [0.2, 0.25) is 0 Å². The number of amides is 1. The second-order valence-electron chi connectivity index (χ2n) is 13.9. The van der Waals surface area contributed by atoms with E-state index in [2.05, 4.69) is 5.32 Å². The summed E-state index contributed by atoms with van der Waals surface area (Å²) in [4.78, 5) is 29.9. The molecule has 1 aliphatic rings. The molecule has 300 valence electrons. The minimum Gasteiger partial charge on any atom is -0.466 e. The summed E-state index contributed by atoms with van der Waals surface area (Å²) in [5.41, 5.74) is -3.48. The van der Waals surface area contributed by atoms with Crippen LogP contribution in [0, 0.1) is 38.3 Å². The molecule has 0 aromatic heterocycles. The number of allylic oxidation sites excluding steroid dienone is 1. The van der Waals surface area contributed by atoms with E-state index in [-0.39, 0.29) is 43.0 Å². The van der Waals surface area contributed by atoms with Crippen molar-refractivity contribution in [3.8, 4) is 11.1 Å². The van der Waals surface area contributed by atoms with E-state index in [1.807, 2.05) is 18.7 Å². The molecule has 2 N–H and O–H groups in total. The molecule has 0 bridgehead atoms. The van der Waals surface area contributed by atoms with Crippen molar-refractivity contribution >= 4 is 11.9 Å². The third-order valence-corrected chi connectivity index (χ3v) is 9.35. The lowest BCUT2D eigenvalue weighted by Gasteiger charge is -2.38. The minimum atomic E-state index is -5.33. The van der Waals surface area contributed by atoms with E-state index in [0.29, 0.717) is 36.4 Å². The molecule has 0 spiro atoms. The van der Waals surface area contributed by atoms with Gasteiger partial charge in [0.2, 0.25) is 5.91 Å². The van der Waals surface area contributed by atoms with Gasteiger partial charge in [-0.1, -0.05) is 45.4 Å². The lowest BCUT2D eigenvalue weighted by Crippen LogP contribution is -2.51. The van der Waals surface area contributed by atoms with E-state index in [4.69, 9.17) is 4.74 Å². The summed E-state index contributed by atoms with van der Waals surface area (Å²) in [5, 5.41) is 13.4. The molecule has 2 aromatic rings. The SMILES string of the molecule is CCOC(=O)C[C@H](NC(=O)C(CC(C)C)N1C=C(CCN(CC)CC)C(C(F)(F)F)=CC1O)c1c(F)c(-c2c(C)cc(C)cc2C)cc(C(F)(F)F)c1F. The summed E-state index contributed by atoms with van der Waals surface area (Å²) < 4.78 is 124. The van der Waals surface area contributed by atoms with Crippen LogP contribution in [-0.4, -0.2) is 71.5 Å². The van der Waals surface area contributed by atoms with Crippen molar-refractivity contribution in [2.75, 3.05) is 26.2 Å². The predicted molar refractivity (Wildman–Crippen MR) is 189 cm³/mol. The Bertz CT molecular complexity index is 1710. The van der Waals surface area contributed by atoms with Crippen LogP contribution in [0.3, 0.4) is 0 Å². The number of rotatable bonds is 15. The zero-order valence-corrected chi connectivity index (χ0v) is 31.7. The molecular formula is C39H49F8N3O4. The largest absolute Gasteiger partial charge is 0.466 e. The standard InChI is InChI=1S/C39H49F8N3O4/c1-9-49(10-2)13-12-25-20-50(31(51)18-27(25)38(42,43)44)30(14-21(4)5)37(53)48-29(19-32(52)54-11-3)34-35(40)26(17-28(36(34)41)39(45,46)47)33-23(7)15-22(6)16-24(33)8/h15-18,20-21,29-31,51H,9-14,19H2,1-8H3,(H,48,53)/t29-,30?,31?/m0/s1. The first-order chi connectivity index (χ1) is 25.0. The maximum absolute atomic E-state index is 16.7. The fraction of sp³-hybridized carbons (Fsp3) is 0.538. The number of hydrogen-bond donors (Lipinski definition) is 2. The van der Waals surface area contributed by atoms with Gasteiger partial charge in [0.1, 0.15) is 23.9 Å². The summed E-state index contributed by atoms with van der Waals surface area (Å²) in [6, 6.07) is -0.00894. The molecule has 0 radical (unpaired) electrons. The first-order valence-electron chi connectivity index (χ1n) is 17.9. The number of carbonyl (C=O) groups is 2. The van der Waals surface area contributed by atoms with Crippen molar-refractivity contribution in [2.45, 2.75) is 105 Å². The number of alkyl halides is 6. The van der Waals surface area contributed by atoms with E-state index >= 15 is 8.78 Å². The first-order valence-corrected chi connectivity index (χ1v) is 17.9. The highest BCUT2D eigenvalue weighted by atomic mass is 19.4. The third kappa shape index (κ3) is 10.6. The van der Waals surface area contributed by atoms with E-state index < -0.39 is 82.9 Å². The molecule has 1 heterocycles. The summed E-state index contributed by atoms with van der Waals surface area (Å²) in [5.74, 6) is -6.08. The number of aliphatic hydroxyl groups excluding tert-OH is 1. The number of aryl methyl sites for hydroxylation is 3. The molecular weight excluding hydrogens is 726 g/mol. The summed E-state index contributed by atoms with van der Waals surface area (Å²) in [7, 11) is 0. The predicted octanol–water partition coefficient (Wildman–Crippen LogP) is 8.84. The highest BCUT2D eigenvalue weighted by Gasteiger charge is 2.43. The molecule has 0 aliphatic carbocycles. The van der Waals surface area contributed by atoms with Crippen LogP contribution in [0.15, 0.2) is 41.6 Å². The summed E-state index contributed by atoms with van der Waals surface area (Å²) >= 11 is 0. The van der Waals surface area contributed by atoms with Gasteiger partial charge in [-0.15, -0.1) is 0 Å². The van der Waals surface area contributed by atoms with Crippen LogP contribution < -0.4 is 5.32 Å². The third-order valence-electron chi connectivity index (χ3n) is 9.35. The zero-order valence-electron chi connectivity index (χ0n) is 31.7. The van der Waals surface area contributed by atoms with Gasteiger partial charge in [0.05, 0.1) is 30.2 Å². The van der Waals surface area contributed by atoms with E-state index in [0.717, 1.165) is 16.7 Å². The highest BCUT2D eigenvalue weighted by molar-refractivity contribution is 5.84. The van der Waals surface area contributed by atoms with Gasteiger partial charge in [-0.3, -0.25) is 9.59 Å². The topological polar surface area (TPSA) is 82.1 Å². The van der Waals surface area contributed by atoms with Gasteiger partial charge in [0.15, 0.2) is 0 Å². The molecule has 3 rings (SSSR count). The maximum atomic E-state index is 16.7. The fourth-order valence-corrected chi connectivity index (χ4v) is 6.88. The maximum Gasteiger partial charge on any atom is 0.419 e. The van der Waals surface area contributed by atoms with Crippen LogP contribution in [0.5, 0.6) is 0 Å². The van der Waals surface area contributed by atoms with Gasteiger partial charge in [-0.25, -0.2) is 8.78 Å². The van der Waals surface area contributed by atoms with Crippen LogP contribution in [-0.2, 0) is 20.5 Å². The Morgan fingerprint density at radius 3 is 2.04 bits per heavy atom. The molecule has 0 fully saturated rings. The van der Waals surface area contributed by atoms with Crippen LogP contribution in [0.1, 0.15) is 87.7 Å². The van der Waals surface area contributed by atoms with Crippen molar-refractivity contribution in [1.82, 2.24) is 15.1 Å². The number of carbonyl (C=O) groups excluding carboxylic acids is 2. The minimum absolute atomic E-state index is 0.0508. The van der Waals surface area contributed by atoms with Crippen molar-refractivity contribution in [3.63, 3.8) is 0 Å². The van der Waals surface area contributed by atoms with Gasteiger partial charge in [0, 0.05) is 23.9 Å². The monoisotopic (exact) mass is 775 g/mol. The summed E-state index contributed by atoms with van der Waals surface area (Å²) in [6.07, 6.45) is -11.8. The number of benzene rings is 2. The Morgan fingerprint density at radius 2 is 1.54 bits per heavy atom. The molecule has 1 aliphatic heterocycles. The van der Waals surface area contributed by atoms with Crippen LogP contribution in [0.4, 0.5) is 35.1 Å². The Kier molecular flexibility index (Phi) is 14.9. The number of halogens is 8. The second kappa shape index (κ2) is 18.1. The Labute approximate surface area is 311 Å². The van der Waals surface area contributed by atoms with Gasteiger partial charge in [0.25, 0.3) is 0 Å². The van der Waals surface area contributed by atoms with Crippen LogP contribution >= 0.6 is 0 Å². The molecule has 2 unspecified atom stereocenters. The number of ether oxygens (including phenoxy) is 1. The molecule has 2 aromatic carbocycles. The van der Waals surface area contributed by atoms with Gasteiger partial charge in [-0.05, 0) is 93.9 Å². The Morgan fingerprint density at radius 1 is 0.944 bits per heavy atom. The molecule has 0 saturated heterocycles. The van der Waals surface area contributed by atoms with Crippen molar-refractivity contribution in [2.24, 2.45) is 5.92 Å².